The molecule has 1 aromatic carbocycles. The monoisotopic (exact) mass is 264 g/mol. The zero-order chi connectivity index (χ0) is 13.8. The van der Waals surface area contributed by atoms with Gasteiger partial charge in [-0.15, -0.1) is 0 Å². The Hall–Kier alpha value is -1.42. The summed E-state index contributed by atoms with van der Waals surface area (Å²) >= 11 is 0. The molecule has 2 rings (SSSR count). The van der Waals surface area contributed by atoms with E-state index in [2.05, 4.69) is 0 Å². The maximum atomic E-state index is 13.0. The fraction of sp³-hybridized carbons (Fsp3) is 0.533. The van der Waals surface area contributed by atoms with Crippen LogP contribution in [0.1, 0.15) is 26.2 Å². The van der Waals surface area contributed by atoms with Crippen molar-refractivity contribution in [1.29, 1.82) is 0 Å². The first kappa shape index (κ1) is 14.0. The number of nitrogens with two attached hydrogens (primary N) is 1. The van der Waals surface area contributed by atoms with Gasteiger partial charge in [0, 0.05) is 18.2 Å². The van der Waals surface area contributed by atoms with Crippen LogP contribution in [0.4, 0.5) is 10.1 Å². The van der Waals surface area contributed by atoms with Crippen LogP contribution in [0.5, 0.6) is 0 Å². The third-order valence-corrected chi connectivity index (χ3v) is 3.71. The van der Waals surface area contributed by atoms with Crippen molar-refractivity contribution in [3.63, 3.8) is 0 Å². The first-order valence-corrected chi connectivity index (χ1v) is 6.90. The SMILES string of the molecule is CC(C(=O)N(CCCN)c1ccc(F)cc1)C1CC1. The molecule has 19 heavy (non-hydrogen) atoms. The Kier molecular flexibility index (Phi) is 4.53. The van der Waals surface area contributed by atoms with E-state index in [4.69, 9.17) is 5.73 Å². The van der Waals surface area contributed by atoms with Gasteiger partial charge in [0.2, 0.25) is 5.91 Å². The third kappa shape index (κ3) is 3.53. The third-order valence-electron chi connectivity index (χ3n) is 3.71. The molecular formula is C15H21FN2O. The maximum absolute atomic E-state index is 13.0. The first-order chi connectivity index (χ1) is 9.13. The zero-order valence-corrected chi connectivity index (χ0v) is 11.3. The molecule has 0 radical (unpaired) electrons. The number of anilines is 1. The fourth-order valence-corrected chi connectivity index (χ4v) is 2.28. The molecule has 3 nitrogen and oxygen atoms in total. The number of hydrogen-bond acceptors (Lipinski definition) is 2. The molecule has 1 aliphatic rings. The summed E-state index contributed by atoms with van der Waals surface area (Å²) in [5.74, 6) is 0.406. The average Bonchev–Trinajstić information content (AvgIpc) is 3.24. The molecule has 0 bridgehead atoms. The van der Waals surface area contributed by atoms with Crippen molar-refractivity contribution in [3.05, 3.63) is 30.1 Å². The highest BCUT2D eigenvalue weighted by molar-refractivity contribution is 5.95. The molecule has 1 atom stereocenters. The minimum Gasteiger partial charge on any atom is -0.330 e. The van der Waals surface area contributed by atoms with Crippen molar-refractivity contribution in [2.75, 3.05) is 18.0 Å². The largest absolute Gasteiger partial charge is 0.330 e. The molecule has 0 spiro atoms. The standard InChI is InChI=1S/C15H21FN2O/c1-11(12-3-4-12)15(19)18(10-2-9-17)14-7-5-13(16)6-8-14/h5-8,11-12H,2-4,9-10,17H2,1H3. The van der Waals surface area contributed by atoms with Gasteiger partial charge in [0.15, 0.2) is 0 Å². The van der Waals surface area contributed by atoms with Gasteiger partial charge in [-0.2, -0.15) is 0 Å². The number of halogens is 1. The van der Waals surface area contributed by atoms with E-state index in [9.17, 15) is 9.18 Å². The van der Waals surface area contributed by atoms with Crippen molar-refractivity contribution in [2.24, 2.45) is 17.6 Å². The Balaban J connectivity index is 2.14. The molecule has 1 amide bonds. The Morgan fingerprint density at radius 2 is 2.05 bits per heavy atom. The highest BCUT2D eigenvalue weighted by Gasteiger charge is 2.35. The molecule has 0 aromatic heterocycles. The smallest absolute Gasteiger partial charge is 0.230 e. The number of carbonyl (C=O) groups is 1. The molecule has 1 aromatic rings. The lowest BCUT2D eigenvalue weighted by molar-refractivity contribution is -0.122. The summed E-state index contributed by atoms with van der Waals surface area (Å²) < 4.78 is 13.0. The quantitative estimate of drug-likeness (QED) is 0.858. The second-order valence-electron chi connectivity index (χ2n) is 5.23. The van der Waals surface area contributed by atoms with E-state index in [0.717, 1.165) is 24.9 Å². The van der Waals surface area contributed by atoms with Gasteiger partial charge in [0.1, 0.15) is 5.82 Å². The summed E-state index contributed by atoms with van der Waals surface area (Å²) in [6, 6.07) is 6.09. The first-order valence-electron chi connectivity index (χ1n) is 6.90. The molecule has 0 heterocycles. The summed E-state index contributed by atoms with van der Waals surface area (Å²) in [6.07, 6.45) is 3.03. The van der Waals surface area contributed by atoms with E-state index in [-0.39, 0.29) is 17.6 Å². The van der Waals surface area contributed by atoms with Crippen LogP contribution in [0.2, 0.25) is 0 Å². The summed E-state index contributed by atoms with van der Waals surface area (Å²) in [4.78, 5) is 14.3. The molecule has 1 aliphatic carbocycles. The van der Waals surface area contributed by atoms with Crippen LogP contribution in [0, 0.1) is 17.7 Å². The normalized spacial score (nSPS) is 16.2. The van der Waals surface area contributed by atoms with E-state index >= 15 is 0 Å². The van der Waals surface area contributed by atoms with E-state index in [1.54, 1.807) is 17.0 Å². The molecule has 2 N–H and O–H groups in total. The number of amides is 1. The van der Waals surface area contributed by atoms with Gasteiger partial charge in [-0.25, -0.2) is 4.39 Å². The molecule has 104 valence electrons. The van der Waals surface area contributed by atoms with Crippen LogP contribution >= 0.6 is 0 Å². The average molecular weight is 264 g/mol. The molecular weight excluding hydrogens is 243 g/mol. The van der Waals surface area contributed by atoms with E-state index < -0.39 is 0 Å². The predicted octanol–water partition coefficient (Wildman–Crippen LogP) is 2.55. The van der Waals surface area contributed by atoms with Gasteiger partial charge in [-0.05, 0) is 56.0 Å². The highest BCUT2D eigenvalue weighted by Crippen LogP contribution is 2.38. The maximum Gasteiger partial charge on any atom is 0.230 e. The van der Waals surface area contributed by atoms with Gasteiger partial charge < -0.3 is 10.6 Å². The molecule has 1 saturated carbocycles. The summed E-state index contributed by atoms with van der Waals surface area (Å²) in [5, 5.41) is 0. The summed E-state index contributed by atoms with van der Waals surface area (Å²) in [6.45, 7) is 3.12. The van der Waals surface area contributed by atoms with Crippen molar-refractivity contribution in [2.45, 2.75) is 26.2 Å². The Morgan fingerprint density at radius 3 is 2.58 bits per heavy atom. The summed E-state index contributed by atoms with van der Waals surface area (Å²) in [7, 11) is 0. The second kappa shape index (κ2) is 6.15. The second-order valence-corrected chi connectivity index (χ2v) is 5.23. The lowest BCUT2D eigenvalue weighted by Crippen LogP contribution is -2.37. The van der Waals surface area contributed by atoms with Crippen molar-refractivity contribution < 1.29 is 9.18 Å². The van der Waals surface area contributed by atoms with Crippen LogP contribution in [-0.2, 0) is 4.79 Å². The predicted molar refractivity (Wildman–Crippen MR) is 74.3 cm³/mol. The topological polar surface area (TPSA) is 46.3 Å². The number of hydrogen-bond donors (Lipinski definition) is 1. The molecule has 1 fully saturated rings. The Bertz CT molecular complexity index is 428. The van der Waals surface area contributed by atoms with E-state index in [0.29, 0.717) is 19.0 Å². The molecule has 0 aliphatic heterocycles. The Morgan fingerprint density at radius 1 is 1.42 bits per heavy atom. The van der Waals surface area contributed by atoms with Gasteiger partial charge in [0.05, 0.1) is 0 Å². The van der Waals surface area contributed by atoms with Crippen molar-refractivity contribution >= 4 is 11.6 Å². The van der Waals surface area contributed by atoms with E-state index in [1.807, 2.05) is 6.92 Å². The van der Waals surface area contributed by atoms with Gasteiger partial charge in [0.25, 0.3) is 0 Å². The lowest BCUT2D eigenvalue weighted by Gasteiger charge is -2.26. The summed E-state index contributed by atoms with van der Waals surface area (Å²) in [5.41, 5.74) is 6.29. The van der Waals surface area contributed by atoms with Crippen LogP contribution in [0.25, 0.3) is 0 Å². The number of benzene rings is 1. The van der Waals surface area contributed by atoms with Gasteiger partial charge in [-0.1, -0.05) is 6.92 Å². The Labute approximate surface area is 113 Å². The van der Waals surface area contributed by atoms with Crippen LogP contribution in [0.3, 0.4) is 0 Å². The number of nitrogens with zero attached hydrogens (tertiary/aromatic N) is 1. The van der Waals surface area contributed by atoms with Gasteiger partial charge >= 0.3 is 0 Å². The van der Waals surface area contributed by atoms with Crippen LogP contribution < -0.4 is 10.6 Å². The number of rotatable bonds is 6. The van der Waals surface area contributed by atoms with Crippen molar-refractivity contribution in [1.82, 2.24) is 0 Å². The van der Waals surface area contributed by atoms with Gasteiger partial charge in [-0.3, -0.25) is 4.79 Å². The minimum atomic E-state index is -0.287. The fourth-order valence-electron chi connectivity index (χ4n) is 2.28. The number of carbonyl (C=O) groups excluding carboxylic acids is 1. The molecule has 0 saturated heterocycles. The molecule has 4 heteroatoms. The van der Waals surface area contributed by atoms with Crippen molar-refractivity contribution in [3.8, 4) is 0 Å². The zero-order valence-electron chi connectivity index (χ0n) is 11.3. The van der Waals surface area contributed by atoms with Crippen LogP contribution in [-0.4, -0.2) is 19.0 Å². The minimum absolute atomic E-state index is 0.0443. The lowest BCUT2D eigenvalue weighted by atomic mass is 10.0. The van der Waals surface area contributed by atoms with Crippen LogP contribution in [0.15, 0.2) is 24.3 Å². The highest BCUT2D eigenvalue weighted by atomic mass is 19.1. The molecule has 1 unspecified atom stereocenters. The van der Waals surface area contributed by atoms with E-state index in [1.165, 1.54) is 12.1 Å².